The lowest BCUT2D eigenvalue weighted by Gasteiger charge is -2.37. The van der Waals surface area contributed by atoms with Crippen LogP contribution in [0.2, 0.25) is 10.0 Å². The monoisotopic (exact) mass is 604 g/mol. The highest BCUT2D eigenvalue weighted by Gasteiger charge is 2.59. The van der Waals surface area contributed by atoms with Crippen molar-refractivity contribution in [1.29, 1.82) is 0 Å². The first-order chi connectivity index (χ1) is 18.0. The van der Waals surface area contributed by atoms with E-state index in [1.54, 1.807) is 0 Å². The number of rotatable bonds is 6. The van der Waals surface area contributed by atoms with Crippen molar-refractivity contribution in [2.45, 2.75) is 24.6 Å². The van der Waals surface area contributed by atoms with Gasteiger partial charge in [-0.25, -0.2) is 4.79 Å². The Balaban J connectivity index is 1.71. The molecule has 0 bridgehead atoms. The summed E-state index contributed by atoms with van der Waals surface area (Å²) in [6, 6.07) is 10.9. The van der Waals surface area contributed by atoms with Crippen LogP contribution in [-0.4, -0.2) is 44.9 Å². The summed E-state index contributed by atoms with van der Waals surface area (Å²) < 4.78 is 75.8. The van der Waals surface area contributed by atoms with Crippen molar-refractivity contribution in [3.8, 4) is 11.5 Å². The average Bonchev–Trinajstić information content (AvgIpc) is 3.02. The number of alkyl halides is 3. The maximum Gasteiger partial charge on any atom is 0.422 e. The van der Waals surface area contributed by atoms with Gasteiger partial charge in [0, 0.05) is 31.1 Å². The highest BCUT2D eigenvalue weighted by atomic mass is 35.5. The van der Waals surface area contributed by atoms with Crippen LogP contribution in [-0.2, 0) is 15.8 Å². The fraction of sp³-hybridized carbons (Fsp3) is 0.240. The summed E-state index contributed by atoms with van der Waals surface area (Å²) in [7, 11) is -1.47. The van der Waals surface area contributed by atoms with Gasteiger partial charge in [0.05, 0.1) is 22.0 Å². The smallest absolute Gasteiger partial charge is 0.422 e. The molecule has 208 valence electrons. The molecule has 1 aliphatic heterocycles. The van der Waals surface area contributed by atoms with Crippen LogP contribution in [0.1, 0.15) is 34.3 Å². The van der Waals surface area contributed by atoms with E-state index in [0.29, 0.717) is 0 Å². The number of hydrogen-bond acceptors (Lipinski definition) is 5. The average molecular weight is 605 g/mol. The van der Waals surface area contributed by atoms with Crippen LogP contribution in [0.4, 0.5) is 24.5 Å². The van der Waals surface area contributed by atoms with Crippen molar-refractivity contribution in [2.24, 2.45) is 0 Å². The van der Waals surface area contributed by atoms with Crippen molar-refractivity contribution < 1.29 is 41.3 Å². The maximum atomic E-state index is 14.5. The van der Waals surface area contributed by atoms with Gasteiger partial charge in [-0.1, -0.05) is 42.3 Å². The summed E-state index contributed by atoms with van der Waals surface area (Å²) >= 11 is 12.3. The quantitative estimate of drug-likeness (QED) is 0.348. The number of aliphatic hydroxyl groups is 1. The van der Waals surface area contributed by atoms with Crippen molar-refractivity contribution in [2.75, 3.05) is 22.7 Å². The van der Waals surface area contributed by atoms with E-state index in [9.17, 15) is 31.5 Å². The van der Waals surface area contributed by atoms with E-state index < -0.39 is 39.4 Å². The number of carboxylic acids is 1. The third-order valence-corrected chi connectivity index (χ3v) is 9.11. The van der Waals surface area contributed by atoms with E-state index in [4.69, 9.17) is 33.0 Å². The standard InChI is InChI=1S/C25H21Cl2F3N2O6S/c1-13(17-7-5-15(11-19(17)26)38-16-6-8-18(23(33)34)20(27)12-16)24(35,25(28,29)30)14-4-9-21-22(10-14)32(3)39(36,37)31(21)2/h4-13,35H,1-3H3,(H,33,34). The topological polar surface area (TPSA) is 107 Å². The number of anilines is 2. The Morgan fingerprint density at radius 2 is 1.49 bits per heavy atom. The molecule has 2 N–H and O–H groups in total. The second kappa shape index (κ2) is 9.77. The Hall–Kier alpha value is -3.19. The van der Waals surface area contributed by atoms with E-state index in [1.165, 1.54) is 56.6 Å². The molecule has 3 aromatic carbocycles. The molecule has 0 amide bonds. The van der Waals surface area contributed by atoms with E-state index in [0.717, 1.165) is 27.7 Å². The fourth-order valence-corrected chi connectivity index (χ4v) is 6.14. The van der Waals surface area contributed by atoms with Gasteiger partial charge in [-0.15, -0.1) is 0 Å². The number of aromatic carboxylic acids is 1. The number of fused-ring (bicyclic) bond motifs is 1. The molecule has 0 aromatic heterocycles. The number of halogens is 5. The number of benzene rings is 3. The molecule has 0 aliphatic carbocycles. The zero-order chi connectivity index (χ0) is 29.1. The van der Waals surface area contributed by atoms with E-state index in [-0.39, 0.29) is 44.0 Å². The van der Waals surface area contributed by atoms with Crippen LogP contribution >= 0.6 is 23.2 Å². The third kappa shape index (κ3) is 4.75. The van der Waals surface area contributed by atoms with Crippen LogP contribution in [0.5, 0.6) is 11.5 Å². The van der Waals surface area contributed by atoms with Crippen LogP contribution in [0.15, 0.2) is 54.6 Å². The van der Waals surface area contributed by atoms with Crippen LogP contribution in [0.25, 0.3) is 0 Å². The summed E-state index contributed by atoms with van der Waals surface area (Å²) in [4.78, 5) is 11.1. The van der Waals surface area contributed by atoms with E-state index in [1.807, 2.05) is 0 Å². The highest BCUT2D eigenvalue weighted by Crippen LogP contribution is 2.52. The predicted octanol–water partition coefficient (Wildman–Crippen LogP) is 6.17. The largest absolute Gasteiger partial charge is 0.478 e. The Morgan fingerprint density at radius 1 is 0.923 bits per heavy atom. The van der Waals surface area contributed by atoms with Gasteiger partial charge in [-0.2, -0.15) is 21.6 Å². The lowest BCUT2D eigenvalue weighted by molar-refractivity contribution is -0.274. The van der Waals surface area contributed by atoms with Crippen molar-refractivity contribution in [3.63, 3.8) is 0 Å². The molecule has 3 aromatic rings. The minimum absolute atomic E-state index is 0.0210. The molecule has 2 unspecified atom stereocenters. The second-order valence-corrected chi connectivity index (χ2v) is 11.7. The van der Waals surface area contributed by atoms with Crippen molar-refractivity contribution >= 4 is 50.8 Å². The molecule has 0 radical (unpaired) electrons. The summed E-state index contributed by atoms with van der Waals surface area (Å²) in [5, 5.41) is 20.1. The molecule has 0 saturated carbocycles. The normalized spacial score (nSPS) is 16.9. The lowest BCUT2D eigenvalue weighted by Crippen LogP contribution is -2.46. The van der Waals surface area contributed by atoms with Crippen LogP contribution < -0.4 is 13.3 Å². The molecule has 14 heteroatoms. The van der Waals surface area contributed by atoms with E-state index >= 15 is 0 Å². The number of carboxylic acid groups (broad SMARTS) is 1. The number of nitrogens with zero attached hydrogens (tertiary/aromatic N) is 2. The Morgan fingerprint density at radius 3 is 2.03 bits per heavy atom. The van der Waals surface area contributed by atoms with E-state index in [2.05, 4.69) is 0 Å². The first kappa shape index (κ1) is 28.8. The van der Waals surface area contributed by atoms with Gasteiger partial charge in [0.25, 0.3) is 0 Å². The van der Waals surface area contributed by atoms with Crippen molar-refractivity contribution in [1.82, 2.24) is 0 Å². The number of hydrogen-bond donors (Lipinski definition) is 2. The Kier molecular flexibility index (Phi) is 7.22. The predicted molar refractivity (Wildman–Crippen MR) is 140 cm³/mol. The highest BCUT2D eigenvalue weighted by molar-refractivity contribution is 7.94. The molecule has 1 aliphatic rings. The molecule has 4 rings (SSSR count). The Labute approximate surface area is 231 Å². The number of carbonyl (C=O) groups is 1. The molecule has 0 saturated heterocycles. The van der Waals surface area contributed by atoms with Gasteiger partial charge in [0.15, 0.2) is 5.60 Å². The van der Waals surface area contributed by atoms with Crippen LogP contribution in [0.3, 0.4) is 0 Å². The molecule has 1 heterocycles. The molecule has 8 nitrogen and oxygen atoms in total. The minimum atomic E-state index is -5.18. The van der Waals surface area contributed by atoms with Gasteiger partial charge in [0.2, 0.25) is 0 Å². The molecule has 0 spiro atoms. The van der Waals surface area contributed by atoms with Gasteiger partial charge >= 0.3 is 22.4 Å². The second-order valence-electron chi connectivity index (χ2n) is 8.86. The first-order valence-electron chi connectivity index (χ1n) is 11.2. The first-order valence-corrected chi connectivity index (χ1v) is 13.3. The van der Waals surface area contributed by atoms with Crippen LogP contribution in [0, 0.1) is 0 Å². The lowest BCUT2D eigenvalue weighted by atomic mass is 9.77. The number of ether oxygens (including phenoxy) is 1. The van der Waals surface area contributed by atoms with Gasteiger partial charge in [0.1, 0.15) is 11.5 Å². The zero-order valence-corrected chi connectivity index (χ0v) is 22.8. The molecule has 2 atom stereocenters. The SMILES string of the molecule is CC(c1ccc(Oc2ccc(C(=O)O)c(Cl)c2)cc1Cl)C(O)(c1ccc2c(c1)N(C)S(=O)(=O)N2C)C(F)(F)F. The van der Waals surface area contributed by atoms with Gasteiger partial charge < -0.3 is 14.9 Å². The Bertz CT molecular complexity index is 1580. The van der Waals surface area contributed by atoms with Gasteiger partial charge in [-0.05, 0) is 47.5 Å². The molecule has 39 heavy (non-hydrogen) atoms. The molecular formula is C25H21Cl2F3N2O6S. The summed E-state index contributed by atoms with van der Waals surface area (Å²) in [5.41, 5.74) is -4.06. The maximum absolute atomic E-state index is 14.5. The van der Waals surface area contributed by atoms with Crippen molar-refractivity contribution in [3.05, 3.63) is 81.3 Å². The third-order valence-electron chi connectivity index (χ3n) is 6.69. The summed E-state index contributed by atoms with van der Waals surface area (Å²) in [6.07, 6.45) is -5.18. The summed E-state index contributed by atoms with van der Waals surface area (Å²) in [6.45, 7) is 1.15. The molecular weight excluding hydrogens is 584 g/mol. The fourth-order valence-electron chi connectivity index (χ4n) is 4.39. The zero-order valence-electron chi connectivity index (χ0n) is 20.5. The molecule has 0 fully saturated rings. The van der Waals surface area contributed by atoms with Gasteiger partial charge in [-0.3, -0.25) is 8.61 Å². The minimum Gasteiger partial charge on any atom is -0.478 e. The summed E-state index contributed by atoms with van der Waals surface area (Å²) in [5.74, 6) is -2.58.